The summed E-state index contributed by atoms with van der Waals surface area (Å²) in [5.74, 6) is -1.15. The highest BCUT2D eigenvalue weighted by Crippen LogP contribution is 2.39. The molecule has 3 aromatic rings. The molecule has 2 bridgehead atoms. The second-order valence-corrected chi connectivity index (χ2v) is 12.0. The highest BCUT2D eigenvalue weighted by molar-refractivity contribution is 9.10. The maximum Gasteiger partial charge on any atom is 0.411 e. The Morgan fingerprint density at radius 2 is 1.95 bits per heavy atom. The molecule has 3 heterocycles. The van der Waals surface area contributed by atoms with Crippen LogP contribution in [0, 0.1) is 11.7 Å². The molecule has 11 heteroatoms. The Morgan fingerprint density at radius 3 is 2.72 bits per heavy atom. The van der Waals surface area contributed by atoms with Gasteiger partial charge in [0.25, 0.3) is 0 Å². The van der Waals surface area contributed by atoms with Gasteiger partial charge in [-0.05, 0) is 66.8 Å². The fraction of sp³-hybridized carbons (Fsp3) is 0.312. The van der Waals surface area contributed by atoms with Gasteiger partial charge >= 0.3 is 6.09 Å². The minimum Gasteiger partial charge on any atom is -0.453 e. The topological polar surface area (TPSA) is 101 Å². The van der Waals surface area contributed by atoms with Crippen LogP contribution in [0.4, 0.5) is 20.6 Å². The normalized spacial score (nSPS) is 19.2. The second-order valence-electron chi connectivity index (χ2n) is 10.7. The van der Waals surface area contributed by atoms with Crippen LogP contribution in [0.2, 0.25) is 5.02 Å². The monoisotopic (exact) mass is 668 g/mol. The summed E-state index contributed by atoms with van der Waals surface area (Å²) in [7, 11) is 1.28. The van der Waals surface area contributed by atoms with Crippen LogP contribution in [-0.4, -0.2) is 41.4 Å². The summed E-state index contributed by atoms with van der Waals surface area (Å²) < 4.78 is 20.2. The Bertz CT molecular complexity index is 1610. The average molecular weight is 670 g/mol. The highest BCUT2D eigenvalue weighted by atomic mass is 79.9. The highest BCUT2D eigenvalue weighted by Gasteiger charge is 2.31. The standard InChI is InChI=1S/C32H31BrClFN4O4/c1-18-5-3-4-6-27(39-14-12-20(16-28(39)40)29-23(33)9-10-24(34)30(29)35)26-15-19(11-13-36-26)22-8-7-21(37-32(42)43-2)17-25(22)38-31(18)41/h7-11,13,15-18,27H,3-6,12,14H2,1-2H3,(H,37,42)(H,38,41)/t18-,27+/m1/s1. The predicted octanol–water partition coefficient (Wildman–Crippen LogP) is 7.99. The van der Waals surface area contributed by atoms with Crippen molar-refractivity contribution in [2.75, 3.05) is 24.3 Å². The minimum absolute atomic E-state index is 0.000841. The van der Waals surface area contributed by atoms with Crippen molar-refractivity contribution in [2.45, 2.75) is 45.1 Å². The van der Waals surface area contributed by atoms with Crippen molar-refractivity contribution in [1.82, 2.24) is 9.88 Å². The number of fused-ring (bicyclic) bond motifs is 4. The average Bonchev–Trinajstić information content (AvgIpc) is 3.00. The van der Waals surface area contributed by atoms with Crippen molar-refractivity contribution in [3.8, 4) is 11.1 Å². The van der Waals surface area contributed by atoms with Crippen LogP contribution in [0.3, 0.4) is 0 Å². The van der Waals surface area contributed by atoms with Crippen LogP contribution in [0.5, 0.6) is 0 Å². The van der Waals surface area contributed by atoms with Gasteiger partial charge in [0.15, 0.2) is 0 Å². The van der Waals surface area contributed by atoms with E-state index in [-0.39, 0.29) is 28.8 Å². The van der Waals surface area contributed by atoms with E-state index >= 15 is 0 Å². The van der Waals surface area contributed by atoms with Gasteiger partial charge in [-0.15, -0.1) is 0 Å². The first-order valence-electron chi connectivity index (χ1n) is 14.1. The molecule has 8 nitrogen and oxygen atoms in total. The predicted molar refractivity (Wildman–Crippen MR) is 168 cm³/mol. The molecule has 43 heavy (non-hydrogen) atoms. The minimum atomic E-state index is -0.618. The number of hydrogen-bond acceptors (Lipinski definition) is 5. The molecular weight excluding hydrogens is 639 g/mol. The van der Waals surface area contributed by atoms with Crippen LogP contribution in [0.1, 0.15) is 56.3 Å². The van der Waals surface area contributed by atoms with E-state index in [0.717, 1.165) is 29.7 Å². The Hall–Kier alpha value is -3.76. The summed E-state index contributed by atoms with van der Waals surface area (Å²) in [5, 5.41) is 5.68. The number of benzene rings is 2. The molecule has 2 aliphatic heterocycles. The van der Waals surface area contributed by atoms with Crippen molar-refractivity contribution < 1.29 is 23.5 Å². The number of nitrogens with zero attached hydrogens (tertiary/aromatic N) is 2. The summed E-state index contributed by atoms with van der Waals surface area (Å²) in [6.07, 6.45) is 5.90. The van der Waals surface area contributed by atoms with Gasteiger partial charge in [-0.1, -0.05) is 53.4 Å². The third kappa shape index (κ3) is 6.75. The molecule has 2 aliphatic rings. The van der Waals surface area contributed by atoms with Crippen molar-refractivity contribution in [3.63, 3.8) is 0 Å². The lowest BCUT2D eigenvalue weighted by Gasteiger charge is -2.34. The van der Waals surface area contributed by atoms with Crippen molar-refractivity contribution in [3.05, 3.63) is 81.3 Å². The zero-order valence-electron chi connectivity index (χ0n) is 23.8. The summed E-state index contributed by atoms with van der Waals surface area (Å²) in [5.41, 5.74) is 4.16. The summed E-state index contributed by atoms with van der Waals surface area (Å²) in [4.78, 5) is 45.0. The number of nitrogens with one attached hydrogen (secondary N) is 2. The first-order valence-corrected chi connectivity index (χ1v) is 15.2. The van der Waals surface area contributed by atoms with E-state index in [2.05, 4.69) is 31.5 Å². The smallest absolute Gasteiger partial charge is 0.411 e. The Morgan fingerprint density at radius 1 is 1.16 bits per heavy atom. The number of anilines is 2. The van der Waals surface area contributed by atoms with Gasteiger partial charge in [-0.2, -0.15) is 0 Å². The van der Waals surface area contributed by atoms with E-state index in [1.807, 2.05) is 25.1 Å². The Labute approximate surface area is 262 Å². The lowest BCUT2D eigenvalue weighted by molar-refractivity contribution is -0.129. The molecule has 0 unspecified atom stereocenters. The van der Waals surface area contributed by atoms with Crippen LogP contribution >= 0.6 is 27.5 Å². The quantitative estimate of drug-likeness (QED) is 0.276. The van der Waals surface area contributed by atoms with Crippen LogP contribution in [-0.2, 0) is 14.3 Å². The Kier molecular flexibility index (Phi) is 9.46. The molecule has 224 valence electrons. The summed E-state index contributed by atoms with van der Waals surface area (Å²) in [6.45, 7) is 2.27. The molecule has 2 N–H and O–H groups in total. The van der Waals surface area contributed by atoms with Crippen LogP contribution in [0.15, 0.2) is 59.2 Å². The molecule has 2 aromatic carbocycles. The van der Waals surface area contributed by atoms with Gasteiger partial charge in [-0.25, -0.2) is 9.18 Å². The fourth-order valence-corrected chi connectivity index (χ4v) is 6.28. The molecule has 0 aliphatic carbocycles. The third-order valence-electron chi connectivity index (χ3n) is 7.90. The zero-order valence-corrected chi connectivity index (χ0v) is 26.1. The number of rotatable bonds is 3. The third-order valence-corrected chi connectivity index (χ3v) is 8.85. The maximum atomic E-state index is 14.9. The molecular formula is C32H31BrClFN4O4. The number of ether oxygens (including phenoxy) is 1. The van der Waals surface area contributed by atoms with Gasteiger partial charge in [-0.3, -0.25) is 19.9 Å². The number of methoxy groups -OCH3 is 1. The van der Waals surface area contributed by atoms with E-state index in [1.54, 1.807) is 29.3 Å². The first kappa shape index (κ1) is 30.7. The zero-order chi connectivity index (χ0) is 30.7. The molecule has 0 saturated carbocycles. The molecule has 0 saturated heterocycles. The SMILES string of the molecule is COC(=O)Nc1ccc2c(c1)NC(=O)[C@H](C)CCCC[C@H](N1CCC(c3c(Br)ccc(Cl)c3F)=CC1=O)c1cc-2ccn1. The molecule has 5 rings (SSSR count). The maximum absolute atomic E-state index is 14.9. The van der Waals surface area contributed by atoms with E-state index in [0.29, 0.717) is 52.8 Å². The molecule has 3 amide bonds. The van der Waals surface area contributed by atoms with E-state index < -0.39 is 11.9 Å². The fourth-order valence-electron chi connectivity index (χ4n) is 5.57. The van der Waals surface area contributed by atoms with Crippen molar-refractivity contribution in [2.24, 2.45) is 5.92 Å². The Balaban J connectivity index is 1.52. The number of halogens is 3. The van der Waals surface area contributed by atoms with Gasteiger partial charge in [0, 0.05) is 46.0 Å². The number of amides is 3. The number of aromatic nitrogens is 1. The van der Waals surface area contributed by atoms with Crippen molar-refractivity contribution in [1.29, 1.82) is 0 Å². The number of carbonyl (C=O) groups is 3. The van der Waals surface area contributed by atoms with E-state index in [9.17, 15) is 18.8 Å². The number of hydrogen-bond donors (Lipinski definition) is 2. The molecule has 0 radical (unpaired) electrons. The van der Waals surface area contributed by atoms with Gasteiger partial charge in [0.05, 0.1) is 29.6 Å². The molecule has 1 aromatic heterocycles. The van der Waals surface area contributed by atoms with Gasteiger partial charge in [0.2, 0.25) is 11.8 Å². The van der Waals surface area contributed by atoms with Crippen LogP contribution < -0.4 is 10.6 Å². The van der Waals surface area contributed by atoms with Gasteiger partial charge in [0.1, 0.15) is 5.82 Å². The van der Waals surface area contributed by atoms with Crippen molar-refractivity contribution >= 4 is 62.4 Å². The second kappa shape index (κ2) is 13.3. The van der Waals surface area contributed by atoms with E-state index in [1.165, 1.54) is 19.3 Å². The lowest BCUT2D eigenvalue weighted by Crippen LogP contribution is -2.37. The molecule has 0 fully saturated rings. The lowest BCUT2D eigenvalue weighted by atomic mass is 9.94. The number of pyridine rings is 1. The van der Waals surface area contributed by atoms with E-state index in [4.69, 9.17) is 16.3 Å². The number of carbonyl (C=O) groups excluding carboxylic acids is 3. The van der Waals surface area contributed by atoms with Crippen LogP contribution in [0.25, 0.3) is 16.7 Å². The molecule has 0 spiro atoms. The summed E-state index contributed by atoms with van der Waals surface area (Å²) >= 11 is 9.45. The molecule has 2 atom stereocenters. The summed E-state index contributed by atoms with van der Waals surface area (Å²) in [6, 6.07) is 11.9. The van der Waals surface area contributed by atoms with Gasteiger partial charge < -0.3 is 15.0 Å². The largest absolute Gasteiger partial charge is 0.453 e. The first-order chi connectivity index (χ1) is 20.7.